The fourth-order valence-electron chi connectivity index (χ4n) is 2.49. The van der Waals surface area contributed by atoms with Crippen molar-refractivity contribution in [3.8, 4) is 11.3 Å². The van der Waals surface area contributed by atoms with Gasteiger partial charge in [-0.15, -0.1) is 0 Å². The highest BCUT2D eigenvalue weighted by molar-refractivity contribution is 5.98. The van der Waals surface area contributed by atoms with E-state index in [0.29, 0.717) is 23.4 Å². The van der Waals surface area contributed by atoms with Gasteiger partial charge in [0.05, 0.1) is 11.3 Å². The molecule has 0 spiro atoms. The molecule has 0 saturated carbocycles. The third-order valence-electron chi connectivity index (χ3n) is 3.53. The Hall–Kier alpha value is -2.79. The molecule has 2 aromatic heterocycles. The topological polar surface area (TPSA) is 46.9 Å². The molecule has 1 N–H and O–H groups in total. The SMILES string of the molecule is CNCc1cc(-c2ccccc2F)n(C(=O)c2cccnc2)c1. The molecule has 0 atom stereocenters. The Bertz CT molecular complexity index is 827. The predicted octanol–water partition coefficient (Wildman–Crippen LogP) is 3.10. The van der Waals surface area contributed by atoms with Crippen molar-refractivity contribution in [1.29, 1.82) is 0 Å². The van der Waals surface area contributed by atoms with E-state index in [-0.39, 0.29) is 11.7 Å². The maximum atomic E-state index is 14.2. The van der Waals surface area contributed by atoms with Gasteiger partial charge in [-0.25, -0.2) is 4.39 Å². The Labute approximate surface area is 133 Å². The Balaban J connectivity index is 2.12. The van der Waals surface area contributed by atoms with Gasteiger partial charge in [0.15, 0.2) is 0 Å². The van der Waals surface area contributed by atoms with E-state index in [2.05, 4.69) is 10.3 Å². The van der Waals surface area contributed by atoms with Gasteiger partial charge >= 0.3 is 0 Å². The number of halogens is 1. The first-order valence-electron chi connectivity index (χ1n) is 7.26. The van der Waals surface area contributed by atoms with Crippen molar-refractivity contribution >= 4 is 5.91 Å². The van der Waals surface area contributed by atoms with Crippen LogP contribution in [0.3, 0.4) is 0 Å². The maximum absolute atomic E-state index is 14.2. The van der Waals surface area contributed by atoms with E-state index in [9.17, 15) is 9.18 Å². The second-order valence-corrected chi connectivity index (χ2v) is 5.16. The number of aromatic nitrogens is 2. The second kappa shape index (κ2) is 6.54. The number of carbonyl (C=O) groups is 1. The number of hydrogen-bond acceptors (Lipinski definition) is 3. The van der Waals surface area contributed by atoms with Crippen LogP contribution in [-0.4, -0.2) is 22.5 Å². The minimum atomic E-state index is -0.359. The Morgan fingerprint density at radius 2 is 2.09 bits per heavy atom. The molecule has 3 aromatic rings. The maximum Gasteiger partial charge on any atom is 0.263 e. The Kier molecular flexibility index (Phi) is 4.30. The highest BCUT2D eigenvalue weighted by Gasteiger charge is 2.17. The monoisotopic (exact) mass is 309 g/mol. The molecule has 0 aliphatic carbocycles. The number of nitrogens with one attached hydrogen (secondary N) is 1. The molecule has 0 bridgehead atoms. The van der Waals surface area contributed by atoms with Crippen LogP contribution < -0.4 is 5.32 Å². The second-order valence-electron chi connectivity index (χ2n) is 5.16. The van der Waals surface area contributed by atoms with Crippen LogP contribution >= 0.6 is 0 Å². The molecule has 0 saturated heterocycles. The van der Waals surface area contributed by atoms with E-state index < -0.39 is 0 Å². The summed E-state index contributed by atoms with van der Waals surface area (Å²) < 4.78 is 15.6. The number of nitrogens with zero attached hydrogens (tertiary/aromatic N) is 2. The molecule has 5 heteroatoms. The molecule has 0 aliphatic rings. The zero-order valence-corrected chi connectivity index (χ0v) is 12.7. The van der Waals surface area contributed by atoms with E-state index in [1.54, 1.807) is 42.7 Å². The molecule has 116 valence electrons. The highest BCUT2D eigenvalue weighted by atomic mass is 19.1. The summed E-state index contributed by atoms with van der Waals surface area (Å²) in [6.07, 6.45) is 4.84. The van der Waals surface area contributed by atoms with Crippen molar-refractivity contribution in [2.24, 2.45) is 0 Å². The summed E-state index contributed by atoms with van der Waals surface area (Å²) in [6.45, 7) is 0.592. The van der Waals surface area contributed by atoms with Crippen LogP contribution in [0.4, 0.5) is 4.39 Å². The summed E-state index contributed by atoms with van der Waals surface area (Å²) >= 11 is 0. The fraction of sp³-hybridized carbons (Fsp3) is 0.111. The summed E-state index contributed by atoms with van der Waals surface area (Å²) in [5, 5.41) is 3.04. The predicted molar refractivity (Wildman–Crippen MR) is 86.6 cm³/mol. The minimum absolute atomic E-state index is 0.237. The van der Waals surface area contributed by atoms with Crippen LogP contribution in [0, 0.1) is 5.82 Å². The van der Waals surface area contributed by atoms with Gasteiger partial charge in [-0.3, -0.25) is 14.3 Å². The molecular formula is C18H16FN3O. The summed E-state index contributed by atoms with van der Waals surface area (Å²) in [7, 11) is 1.82. The summed E-state index contributed by atoms with van der Waals surface area (Å²) in [5.41, 5.74) is 2.29. The summed E-state index contributed by atoms with van der Waals surface area (Å²) in [4.78, 5) is 16.7. The van der Waals surface area contributed by atoms with Gasteiger partial charge in [-0.2, -0.15) is 0 Å². The third-order valence-corrected chi connectivity index (χ3v) is 3.53. The van der Waals surface area contributed by atoms with Crippen molar-refractivity contribution < 1.29 is 9.18 Å². The molecule has 0 aliphatic heterocycles. The Morgan fingerprint density at radius 1 is 1.26 bits per heavy atom. The molecule has 1 aromatic carbocycles. The summed E-state index contributed by atoms with van der Waals surface area (Å²) in [6, 6.07) is 11.7. The van der Waals surface area contributed by atoms with E-state index in [0.717, 1.165) is 5.56 Å². The number of carbonyl (C=O) groups excluding carboxylic acids is 1. The van der Waals surface area contributed by atoms with Gasteiger partial charge in [0, 0.05) is 30.7 Å². The van der Waals surface area contributed by atoms with Crippen LogP contribution in [0.1, 0.15) is 15.9 Å². The minimum Gasteiger partial charge on any atom is -0.316 e. The van der Waals surface area contributed by atoms with Gasteiger partial charge in [-0.1, -0.05) is 12.1 Å². The van der Waals surface area contributed by atoms with Crippen molar-refractivity contribution in [1.82, 2.24) is 14.9 Å². The lowest BCUT2D eigenvalue weighted by Crippen LogP contribution is -2.13. The van der Waals surface area contributed by atoms with E-state index in [1.807, 2.05) is 13.1 Å². The lowest BCUT2D eigenvalue weighted by molar-refractivity contribution is 0.0961. The van der Waals surface area contributed by atoms with Crippen molar-refractivity contribution in [2.75, 3.05) is 7.05 Å². The first kappa shape index (κ1) is 15.1. The van der Waals surface area contributed by atoms with Crippen molar-refractivity contribution in [3.05, 3.63) is 78.0 Å². The van der Waals surface area contributed by atoms with Crippen LogP contribution in [0.25, 0.3) is 11.3 Å². The summed E-state index contributed by atoms with van der Waals surface area (Å²) in [5.74, 6) is -0.597. The molecule has 0 unspecified atom stereocenters. The fourth-order valence-corrected chi connectivity index (χ4v) is 2.49. The number of hydrogen-bond donors (Lipinski definition) is 1. The van der Waals surface area contributed by atoms with Crippen LogP contribution in [0.15, 0.2) is 61.1 Å². The molecule has 0 radical (unpaired) electrons. The van der Waals surface area contributed by atoms with Crippen LogP contribution in [-0.2, 0) is 6.54 Å². The number of benzene rings is 1. The average molecular weight is 309 g/mol. The normalized spacial score (nSPS) is 10.7. The molecule has 0 amide bonds. The van der Waals surface area contributed by atoms with Gasteiger partial charge in [0.25, 0.3) is 5.91 Å². The Morgan fingerprint density at radius 3 is 2.78 bits per heavy atom. The first-order valence-corrected chi connectivity index (χ1v) is 7.26. The molecular weight excluding hydrogens is 293 g/mol. The van der Waals surface area contributed by atoms with Crippen molar-refractivity contribution in [2.45, 2.75) is 6.54 Å². The molecule has 3 rings (SSSR count). The zero-order valence-electron chi connectivity index (χ0n) is 12.7. The van der Waals surface area contributed by atoms with Gasteiger partial charge in [0.1, 0.15) is 5.82 Å². The number of pyridine rings is 1. The standard InChI is InChI=1S/C18H16FN3O/c1-20-10-13-9-17(15-6-2-3-7-16(15)19)22(12-13)18(23)14-5-4-8-21-11-14/h2-9,11-12,20H,10H2,1H3. The average Bonchev–Trinajstić information content (AvgIpc) is 2.99. The molecule has 23 heavy (non-hydrogen) atoms. The number of rotatable bonds is 4. The lowest BCUT2D eigenvalue weighted by atomic mass is 10.1. The van der Waals surface area contributed by atoms with Gasteiger partial charge < -0.3 is 5.32 Å². The van der Waals surface area contributed by atoms with E-state index in [4.69, 9.17) is 0 Å². The quantitative estimate of drug-likeness (QED) is 0.805. The third kappa shape index (κ3) is 3.05. The van der Waals surface area contributed by atoms with E-state index in [1.165, 1.54) is 16.8 Å². The molecule has 4 nitrogen and oxygen atoms in total. The molecule has 2 heterocycles. The van der Waals surface area contributed by atoms with Crippen molar-refractivity contribution in [3.63, 3.8) is 0 Å². The largest absolute Gasteiger partial charge is 0.316 e. The van der Waals surface area contributed by atoms with Crippen LogP contribution in [0.5, 0.6) is 0 Å². The van der Waals surface area contributed by atoms with E-state index >= 15 is 0 Å². The lowest BCUT2D eigenvalue weighted by Gasteiger charge is -2.08. The first-order chi connectivity index (χ1) is 11.2. The van der Waals surface area contributed by atoms with Gasteiger partial charge in [0.2, 0.25) is 0 Å². The zero-order chi connectivity index (χ0) is 16.2. The highest BCUT2D eigenvalue weighted by Crippen LogP contribution is 2.26. The van der Waals surface area contributed by atoms with Crippen LogP contribution in [0.2, 0.25) is 0 Å². The van der Waals surface area contributed by atoms with Gasteiger partial charge in [-0.05, 0) is 42.9 Å². The molecule has 0 fully saturated rings. The smallest absolute Gasteiger partial charge is 0.263 e.